The molecule has 0 aliphatic heterocycles. The van der Waals surface area contributed by atoms with Crippen molar-refractivity contribution in [1.29, 1.82) is 0 Å². The Kier molecular flexibility index (Phi) is 4.23. The average molecular weight is 273 g/mol. The van der Waals surface area contributed by atoms with Crippen LogP contribution in [0.4, 0.5) is 0 Å². The monoisotopic (exact) mass is 272 g/mol. The van der Waals surface area contributed by atoms with Crippen molar-refractivity contribution in [3.05, 3.63) is 28.5 Å². The second-order valence-corrected chi connectivity index (χ2v) is 4.22. The molecule has 0 aromatic carbocycles. The van der Waals surface area contributed by atoms with Crippen molar-refractivity contribution in [2.24, 2.45) is 0 Å². The largest absolute Gasteiger partial charge is 0.392 e. The first-order valence-electron chi connectivity index (χ1n) is 4.56. The van der Waals surface area contributed by atoms with E-state index in [4.69, 9.17) is 5.11 Å². The number of nitrogens with zero attached hydrogens (tertiary/aromatic N) is 2. The van der Waals surface area contributed by atoms with E-state index in [1.54, 1.807) is 32.3 Å². The van der Waals surface area contributed by atoms with Crippen LogP contribution in [0.3, 0.4) is 0 Å². The Balaban J connectivity index is 2.81. The number of carbonyl (C=O) groups is 1. The summed E-state index contributed by atoms with van der Waals surface area (Å²) in [5.74, 6) is -0.205. The van der Waals surface area contributed by atoms with Gasteiger partial charge in [-0.05, 0) is 35.0 Å². The molecule has 1 aromatic rings. The summed E-state index contributed by atoms with van der Waals surface area (Å²) in [6.45, 7) is 1.93. The number of rotatable bonds is 3. The third-order valence-electron chi connectivity index (χ3n) is 1.85. The first-order valence-corrected chi connectivity index (χ1v) is 5.35. The van der Waals surface area contributed by atoms with Crippen molar-refractivity contribution >= 4 is 21.8 Å². The number of hydrogen-bond donors (Lipinski definition) is 1. The average Bonchev–Trinajstić information content (AvgIpc) is 2.16. The van der Waals surface area contributed by atoms with Crippen LogP contribution in [0.25, 0.3) is 0 Å². The van der Waals surface area contributed by atoms with Gasteiger partial charge in [-0.15, -0.1) is 0 Å². The molecule has 1 amide bonds. The number of aliphatic hydroxyl groups excluding tert-OH is 1. The van der Waals surface area contributed by atoms with Gasteiger partial charge in [0.15, 0.2) is 0 Å². The Labute approximate surface area is 97.1 Å². The molecule has 1 atom stereocenters. The van der Waals surface area contributed by atoms with Crippen LogP contribution >= 0.6 is 15.9 Å². The zero-order valence-electron chi connectivity index (χ0n) is 8.64. The topological polar surface area (TPSA) is 53.4 Å². The molecule has 1 N–H and O–H groups in total. The lowest BCUT2D eigenvalue weighted by Crippen LogP contribution is -2.33. The highest BCUT2D eigenvalue weighted by Gasteiger charge is 2.16. The van der Waals surface area contributed by atoms with Crippen LogP contribution in [0.15, 0.2) is 22.8 Å². The second-order valence-electron chi connectivity index (χ2n) is 3.37. The molecule has 0 saturated heterocycles. The van der Waals surface area contributed by atoms with Crippen molar-refractivity contribution in [2.75, 3.05) is 13.6 Å². The van der Waals surface area contributed by atoms with E-state index in [1.165, 1.54) is 4.90 Å². The lowest BCUT2D eigenvalue weighted by molar-refractivity contribution is 0.0697. The van der Waals surface area contributed by atoms with E-state index in [2.05, 4.69) is 20.9 Å². The van der Waals surface area contributed by atoms with Gasteiger partial charge >= 0.3 is 0 Å². The van der Waals surface area contributed by atoms with Crippen molar-refractivity contribution in [1.82, 2.24) is 9.88 Å². The Hall–Kier alpha value is -0.940. The zero-order chi connectivity index (χ0) is 11.4. The molecule has 1 heterocycles. The molecule has 0 bridgehead atoms. The summed E-state index contributed by atoms with van der Waals surface area (Å²) in [6.07, 6.45) is 1.02. The van der Waals surface area contributed by atoms with Gasteiger partial charge in [-0.2, -0.15) is 0 Å². The number of halogens is 1. The summed E-state index contributed by atoms with van der Waals surface area (Å²) >= 11 is 3.26. The number of aromatic nitrogens is 1. The minimum absolute atomic E-state index is 0.205. The molecular formula is C10H13BrN2O2. The van der Waals surface area contributed by atoms with E-state index in [9.17, 15) is 4.79 Å². The molecule has 1 unspecified atom stereocenters. The molecule has 0 saturated carbocycles. The molecular weight excluding hydrogens is 260 g/mol. The predicted molar refractivity (Wildman–Crippen MR) is 60.6 cm³/mol. The maximum Gasteiger partial charge on any atom is 0.273 e. The maximum atomic E-state index is 11.8. The number of amides is 1. The lowest BCUT2D eigenvalue weighted by atomic mass is 10.3. The molecule has 5 heteroatoms. The number of carbonyl (C=O) groups excluding carboxylic acids is 1. The third-order valence-corrected chi connectivity index (χ3v) is 2.49. The predicted octanol–water partition coefficient (Wildman–Crippen LogP) is 1.30. The molecule has 1 aromatic heterocycles. The molecule has 0 fully saturated rings. The van der Waals surface area contributed by atoms with Gasteiger partial charge in [0.25, 0.3) is 5.91 Å². The van der Waals surface area contributed by atoms with Crippen molar-refractivity contribution in [3.63, 3.8) is 0 Å². The van der Waals surface area contributed by atoms with Crippen LogP contribution in [0, 0.1) is 0 Å². The fourth-order valence-electron chi connectivity index (χ4n) is 1.20. The molecule has 0 aliphatic rings. The summed E-state index contributed by atoms with van der Waals surface area (Å²) in [5.41, 5.74) is 0.362. The van der Waals surface area contributed by atoms with Crippen molar-refractivity contribution in [2.45, 2.75) is 13.0 Å². The van der Waals surface area contributed by atoms with Gasteiger partial charge in [-0.1, -0.05) is 0 Å². The molecule has 15 heavy (non-hydrogen) atoms. The fraction of sp³-hybridized carbons (Fsp3) is 0.400. The Morgan fingerprint density at radius 2 is 2.40 bits per heavy atom. The van der Waals surface area contributed by atoms with Gasteiger partial charge in [0, 0.05) is 24.3 Å². The first kappa shape index (κ1) is 12.1. The van der Waals surface area contributed by atoms with E-state index in [-0.39, 0.29) is 5.91 Å². The second kappa shape index (κ2) is 5.23. The number of hydrogen-bond acceptors (Lipinski definition) is 3. The Morgan fingerprint density at radius 1 is 1.73 bits per heavy atom. The SMILES string of the molecule is CC(O)CN(C)C(=O)c1ncccc1Br. The van der Waals surface area contributed by atoms with Gasteiger partial charge in [-0.25, -0.2) is 4.98 Å². The van der Waals surface area contributed by atoms with Gasteiger partial charge in [0.2, 0.25) is 0 Å². The number of aliphatic hydroxyl groups is 1. The Bertz CT molecular complexity index is 355. The van der Waals surface area contributed by atoms with Crippen molar-refractivity contribution in [3.8, 4) is 0 Å². The van der Waals surface area contributed by atoms with E-state index in [1.807, 2.05) is 0 Å². The smallest absolute Gasteiger partial charge is 0.273 e. The highest BCUT2D eigenvalue weighted by Crippen LogP contribution is 2.14. The lowest BCUT2D eigenvalue weighted by Gasteiger charge is -2.18. The van der Waals surface area contributed by atoms with Crippen molar-refractivity contribution < 1.29 is 9.90 Å². The Morgan fingerprint density at radius 3 is 2.93 bits per heavy atom. The molecule has 0 radical (unpaired) electrons. The first-order chi connectivity index (χ1) is 7.02. The molecule has 82 valence electrons. The number of pyridine rings is 1. The van der Waals surface area contributed by atoms with Crippen LogP contribution in [0.2, 0.25) is 0 Å². The summed E-state index contributed by atoms with van der Waals surface area (Å²) < 4.78 is 0.660. The standard InChI is InChI=1S/C10H13BrN2O2/c1-7(14)6-13(2)10(15)9-8(11)4-3-5-12-9/h3-5,7,14H,6H2,1-2H3. The van der Waals surface area contributed by atoms with Crippen LogP contribution < -0.4 is 0 Å². The molecule has 1 rings (SSSR count). The van der Waals surface area contributed by atoms with Gasteiger partial charge in [0.05, 0.1) is 6.10 Å². The van der Waals surface area contributed by atoms with E-state index in [0.29, 0.717) is 16.7 Å². The summed E-state index contributed by atoms with van der Waals surface area (Å²) in [7, 11) is 1.64. The fourth-order valence-corrected chi connectivity index (χ4v) is 1.63. The van der Waals surface area contributed by atoms with Gasteiger partial charge in [0.1, 0.15) is 5.69 Å². The third kappa shape index (κ3) is 3.28. The van der Waals surface area contributed by atoms with Gasteiger partial charge in [-0.3, -0.25) is 4.79 Å². The van der Waals surface area contributed by atoms with Crippen LogP contribution in [-0.2, 0) is 0 Å². The van der Waals surface area contributed by atoms with E-state index < -0.39 is 6.10 Å². The molecule has 0 spiro atoms. The van der Waals surface area contributed by atoms with Crippen LogP contribution in [0.1, 0.15) is 17.4 Å². The molecule has 0 aliphatic carbocycles. The quantitative estimate of drug-likeness (QED) is 0.903. The zero-order valence-corrected chi connectivity index (χ0v) is 10.2. The maximum absolute atomic E-state index is 11.8. The summed E-state index contributed by atoms with van der Waals surface area (Å²) in [5, 5.41) is 9.16. The normalized spacial score (nSPS) is 12.3. The van der Waals surface area contributed by atoms with Gasteiger partial charge < -0.3 is 10.0 Å². The highest BCUT2D eigenvalue weighted by atomic mass is 79.9. The summed E-state index contributed by atoms with van der Waals surface area (Å²) in [6, 6.07) is 3.51. The van der Waals surface area contributed by atoms with E-state index >= 15 is 0 Å². The summed E-state index contributed by atoms with van der Waals surface area (Å²) in [4.78, 5) is 17.3. The van der Waals surface area contributed by atoms with E-state index in [0.717, 1.165) is 0 Å². The van der Waals surface area contributed by atoms with Crippen LogP contribution in [0.5, 0.6) is 0 Å². The highest BCUT2D eigenvalue weighted by molar-refractivity contribution is 9.10. The minimum atomic E-state index is -0.540. The number of likely N-dealkylation sites (N-methyl/N-ethyl adjacent to an activating group) is 1. The minimum Gasteiger partial charge on any atom is -0.392 e. The molecule has 4 nitrogen and oxygen atoms in total. The van der Waals surface area contributed by atoms with Crippen LogP contribution in [-0.4, -0.2) is 40.6 Å².